The second-order valence-electron chi connectivity index (χ2n) is 5.50. The van der Waals surface area contributed by atoms with Gasteiger partial charge in [-0.15, -0.1) is 0 Å². The molecule has 6 N–H and O–H groups in total. The van der Waals surface area contributed by atoms with E-state index in [1.165, 1.54) is 0 Å². The van der Waals surface area contributed by atoms with E-state index in [0.717, 1.165) is 16.5 Å². The molecular formula is C16H23N3O5S2. The molecule has 8 nitrogen and oxygen atoms in total. The molecule has 1 heterocycles. The lowest BCUT2D eigenvalue weighted by Gasteiger charge is -2.17. The number of hydrogen-bond donors (Lipinski definition) is 5. The smallest absolute Gasteiger partial charge is 0.326 e. The van der Waals surface area contributed by atoms with Gasteiger partial charge in [0.2, 0.25) is 5.91 Å². The third-order valence-electron chi connectivity index (χ3n) is 3.72. The maximum Gasteiger partial charge on any atom is 0.326 e. The number of carboxylic acids is 2. The van der Waals surface area contributed by atoms with E-state index in [2.05, 4.69) is 10.3 Å². The Morgan fingerprint density at radius 2 is 1.81 bits per heavy atom. The normalized spacial score (nSPS) is 12.3. The zero-order valence-electron chi connectivity index (χ0n) is 13.9. The van der Waals surface area contributed by atoms with Gasteiger partial charge in [-0.05, 0) is 18.1 Å². The molecule has 0 saturated carbocycles. The van der Waals surface area contributed by atoms with Crippen LogP contribution in [0.1, 0.15) is 18.4 Å². The maximum absolute atomic E-state index is 12.0. The van der Waals surface area contributed by atoms with Crippen LogP contribution in [0.25, 0.3) is 10.9 Å². The first-order valence-corrected chi connectivity index (χ1v) is 7.44. The Labute approximate surface area is 164 Å². The third-order valence-corrected chi connectivity index (χ3v) is 3.72. The fraction of sp³-hybridized carbons (Fsp3) is 0.312. The molecule has 26 heavy (non-hydrogen) atoms. The van der Waals surface area contributed by atoms with E-state index in [4.69, 9.17) is 10.8 Å². The van der Waals surface area contributed by atoms with Gasteiger partial charge in [0.25, 0.3) is 0 Å². The summed E-state index contributed by atoms with van der Waals surface area (Å²) in [6.45, 7) is 0. The second kappa shape index (κ2) is 10.7. The summed E-state index contributed by atoms with van der Waals surface area (Å²) in [6, 6.07) is 5.23. The summed E-state index contributed by atoms with van der Waals surface area (Å²) in [5.41, 5.74) is 7.24. The van der Waals surface area contributed by atoms with Crippen LogP contribution in [-0.4, -0.2) is 45.1 Å². The summed E-state index contributed by atoms with van der Waals surface area (Å²) in [6.07, 6.45) is 1.49. The minimum Gasteiger partial charge on any atom is -0.481 e. The molecule has 0 bridgehead atoms. The van der Waals surface area contributed by atoms with Crippen molar-refractivity contribution in [1.82, 2.24) is 10.3 Å². The van der Waals surface area contributed by atoms with E-state index >= 15 is 0 Å². The van der Waals surface area contributed by atoms with E-state index in [1.54, 1.807) is 6.20 Å². The fourth-order valence-electron chi connectivity index (χ4n) is 2.41. The number of nitrogens with one attached hydrogen (secondary N) is 2. The van der Waals surface area contributed by atoms with Crippen molar-refractivity contribution in [3.63, 3.8) is 0 Å². The lowest BCUT2D eigenvalue weighted by Crippen LogP contribution is -2.49. The van der Waals surface area contributed by atoms with Crippen molar-refractivity contribution in [2.75, 3.05) is 0 Å². The Balaban J connectivity index is 0.00000312. The average molecular weight is 402 g/mol. The Kier molecular flexibility index (Phi) is 9.84. The van der Waals surface area contributed by atoms with Gasteiger partial charge in [-0.3, -0.25) is 9.59 Å². The molecule has 10 heteroatoms. The first-order chi connectivity index (χ1) is 11.4. The second-order valence-corrected chi connectivity index (χ2v) is 5.50. The number of rotatable bonds is 8. The zero-order chi connectivity index (χ0) is 17.7. The van der Waals surface area contributed by atoms with Crippen LogP contribution in [-0.2, 0) is 20.8 Å². The zero-order valence-corrected chi connectivity index (χ0v) is 15.9. The molecule has 0 aliphatic rings. The molecule has 0 fully saturated rings. The van der Waals surface area contributed by atoms with Crippen molar-refractivity contribution >= 4 is 55.7 Å². The number of amides is 1. The van der Waals surface area contributed by atoms with Crippen LogP contribution in [0.3, 0.4) is 0 Å². The molecule has 1 aromatic carbocycles. The standard InChI is InChI=1S/C16H19N3O5.2H2S/c17-11(5-6-14(20)21)15(22)19-13(16(23)24)7-9-8-18-12-4-2-1-3-10(9)12;;/h1-4,8,11,13,18H,5-7,17H2,(H,19,22)(H,20,21)(H,23,24);2*1H2. The van der Waals surface area contributed by atoms with Gasteiger partial charge in [0.05, 0.1) is 6.04 Å². The summed E-state index contributed by atoms with van der Waals surface area (Å²) in [5, 5.41) is 21.2. The molecule has 0 saturated heterocycles. The van der Waals surface area contributed by atoms with E-state index in [9.17, 15) is 19.5 Å². The molecular weight excluding hydrogens is 378 g/mol. The van der Waals surface area contributed by atoms with E-state index in [-0.39, 0.29) is 46.3 Å². The summed E-state index contributed by atoms with van der Waals surface area (Å²) in [5.74, 6) is -2.92. The monoisotopic (exact) mass is 401 g/mol. The van der Waals surface area contributed by atoms with E-state index in [0.29, 0.717) is 0 Å². The lowest BCUT2D eigenvalue weighted by atomic mass is 10.0. The van der Waals surface area contributed by atoms with Crippen molar-refractivity contribution in [2.45, 2.75) is 31.3 Å². The molecule has 0 spiro atoms. The quantitative estimate of drug-likeness (QED) is 0.440. The van der Waals surface area contributed by atoms with Gasteiger partial charge in [0.1, 0.15) is 6.04 Å². The first kappa shape index (κ1) is 23.8. The molecule has 2 unspecified atom stereocenters. The minimum absolute atomic E-state index is 0. The number of carbonyl (C=O) groups excluding carboxylic acids is 1. The molecule has 0 aliphatic carbocycles. The largest absolute Gasteiger partial charge is 0.481 e. The maximum atomic E-state index is 12.0. The summed E-state index contributed by atoms with van der Waals surface area (Å²) < 4.78 is 0. The van der Waals surface area contributed by atoms with Crippen LogP contribution in [0.15, 0.2) is 30.5 Å². The van der Waals surface area contributed by atoms with Crippen molar-refractivity contribution in [1.29, 1.82) is 0 Å². The fourth-order valence-corrected chi connectivity index (χ4v) is 2.41. The highest BCUT2D eigenvalue weighted by Crippen LogP contribution is 2.19. The van der Waals surface area contributed by atoms with Crippen LogP contribution in [0.2, 0.25) is 0 Å². The molecule has 0 radical (unpaired) electrons. The third kappa shape index (κ3) is 6.28. The number of para-hydroxylation sites is 1. The molecule has 0 aliphatic heterocycles. The number of fused-ring (bicyclic) bond motifs is 1. The number of benzene rings is 1. The molecule has 2 aromatic rings. The summed E-state index contributed by atoms with van der Waals surface area (Å²) in [7, 11) is 0. The highest BCUT2D eigenvalue weighted by atomic mass is 32.1. The Hall–Kier alpha value is -2.17. The van der Waals surface area contributed by atoms with Crippen LogP contribution in [0.4, 0.5) is 0 Å². The summed E-state index contributed by atoms with van der Waals surface area (Å²) >= 11 is 0. The van der Waals surface area contributed by atoms with Gasteiger partial charge in [0, 0.05) is 29.9 Å². The van der Waals surface area contributed by atoms with Crippen molar-refractivity contribution in [3.8, 4) is 0 Å². The number of aliphatic carboxylic acids is 2. The number of carboxylic acid groups (broad SMARTS) is 2. The number of hydrogen-bond acceptors (Lipinski definition) is 4. The van der Waals surface area contributed by atoms with Crippen LogP contribution in [0, 0.1) is 0 Å². The molecule has 1 amide bonds. The topological polar surface area (TPSA) is 146 Å². The van der Waals surface area contributed by atoms with Crippen molar-refractivity contribution in [3.05, 3.63) is 36.0 Å². The first-order valence-electron chi connectivity index (χ1n) is 7.44. The Morgan fingerprint density at radius 3 is 2.42 bits per heavy atom. The number of carbonyl (C=O) groups is 3. The van der Waals surface area contributed by atoms with Crippen LogP contribution >= 0.6 is 27.0 Å². The van der Waals surface area contributed by atoms with Gasteiger partial charge >= 0.3 is 11.9 Å². The van der Waals surface area contributed by atoms with Crippen LogP contribution < -0.4 is 11.1 Å². The average Bonchev–Trinajstić information content (AvgIpc) is 2.94. The van der Waals surface area contributed by atoms with E-state index in [1.807, 2.05) is 24.3 Å². The number of aromatic nitrogens is 1. The predicted molar refractivity (Wildman–Crippen MR) is 107 cm³/mol. The predicted octanol–water partition coefficient (Wildman–Crippen LogP) is 0.698. The SMILES string of the molecule is NC(CCC(=O)O)C(=O)NC(Cc1c[nH]c2ccccc12)C(=O)O.S.S. The number of H-pyrrole nitrogens is 1. The lowest BCUT2D eigenvalue weighted by molar-refractivity contribution is -0.142. The molecule has 2 atom stereocenters. The Morgan fingerprint density at radius 1 is 1.15 bits per heavy atom. The number of aromatic amines is 1. The van der Waals surface area contributed by atoms with Gasteiger partial charge in [0.15, 0.2) is 0 Å². The summed E-state index contributed by atoms with van der Waals surface area (Å²) in [4.78, 5) is 36.9. The van der Waals surface area contributed by atoms with Gasteiger partial charge in [-0.1, -0.05) is 18.2 Å². The van der Waals surface area contributed by atoms with Crippen molar-refractivity contribution in [2.24, 2.45) is 5.73 Å². The van der Waals surface area contributed by atoms with Crippen LogP contribution in [0.5, 0.6) is 0 Å². The molecule has 144 valence electrons. The van der Waals surface area contributed by atoms with Gasteiger partial charge in [-0.25, -0.2) is 4.79 Å². The highest BCUT2D eigenvalue weighted by Gasteiger charge is 2.24. The van der Waals surface area contributed by atoms with E-state index < -0.39 is 29.9 Å². The molecule has 1 aromatic heterocycles. The van der Waals surface area contributed by atoms with Gasteiger partial charge in [-0.2, -0.15) is 27.0 Å². The van der Waals surface area contributed by atoms with Crippen molar-refractivity contribution < 1.29 is 24.6 Å². The Bertz CT molecular complexity index is 765. The molecule has 2 rings (SSSR count). The van der Waals surface area contributed by atoms with Gasteiger partial charge < -0.3 is 26.2 Å². The number of nitrogens with two attached hydrogens (primary N) is 1. The minimum atomic E-state index is -1.18. The highest BCUT2D eigenvalue weighted by molar-refractivity contribution is 7.59.